The van der Waals surface area contributed by atoms with E-state index in [4.69, 9.17) is 0 Å². The molecule has 4 nitrogen and oxygen atoms in total. The van der Waals surface area contributed by atoms with Crippen molar-refractivity contribution < 1.29 is 22.3 Å². The van der Waals surface area contributed by atoms with Crippen LogP contribution in [0.1, 0.15) is 31.2 Å². The Morgan fingerprint density at radius 3 is 2.26 bits per heavy atom. The smallest absolute Gasteiger partial charge is 0.406 e. The predicted octanol–water partition coefficient (Wildman–Crippen LogP) is 4.86. The summed E-state index contributed by atoms with van der Waals surface area (Å²) in [6, 6.07) is 13.8. The summed E-state index contributed by atoms with van der Waals surface area (Å²) in [6.07, 6.45) is -1.06. The fraction of sp³-hybridized carbons (Fsp3) is 0.478. The Kier molecular flexibility index (Phi) is 5.64. The summed E-state index contributed by atoms with van der Waals surface area (Å²) < 4.78 is 55.5. The van der Waals surface area contributed by atoms with Gasteiger partial charge in [-0.1, -0.05) is 30.3 Å². The first-order valence-electron chi connectivity index (χ1n) is 10.4. The van der Waals surface area contributed by atoms with Crippen molar-refractivity contribution >= 4 is 5.69 Å². The molecular weight excluding hydrogens is 410 g/mol. The molecular formula is C23H27F4N3O. The normalized spacial score (nSPS) is 26.6. The molecule has 0 amide bonds. The van der Waals surface area contributed by atoms with E-state index in [2.05, 4.69) is 53.3 Å². The van der Waals surface area contributed by atoms with Crippen LogP contribution in [0.5, 0.6) is 5.75 Å². The second kappa shape index (κ2) is 7.98. The van der Waals surface area contributed by atoms with Crippen molar-refractivity contribution in [1.29, 1.82) is 0 Å². The van der Waals surface area contributed by atoms with Gasteiger partial charge in [-0.2, -0.15) is 0 Å². The third-order valence-corrected chi connectivity index (χ3v) is 6.83. The van der Waals surface area contributed by atoms with Crippen LogP contribution in [-0.4, -0.2) is 44.1 Å². The lowest BCUT2D eigenvalue weighted by Gasteiger charge is -2.49. The van der Waals surface area contributed by atoms with E-state index in [0.29, 0.717) is 13.2 Å². The molecule has 2 aromatic rings. The molecule has 4 rings (SSSR count). The van der Waals surface area contributed by atoms with Crippen molar-refractivity contribution in [2.45, 2.75) is 43.1 Å². The first kappa shape index (κ1) is 21.9. The Hall–Kier alpha value is -2.32. The van der Waals surface area contributed by atoms with Gasteiger partial charge in [-0.05, 0) is 57.5 Å². The zero-order valence-electron chi connectivity index (χ0n) is 17.7. The summed E-state index contributed by atoms with van der Waals surface area (Å²) >= 11 is 0. The number of halogens is 4. The van der Waals surface area contributed by atoms with Gasteiger partial charge in [0.2, 0.25) is 0 Å². The van der Waals surface area contributed by atoms with Crippen LogP contribution in [0, 0.1) is 5.82 Å². The minimum absolute atomic E-state index is 0.0383. The average molecular weight is 437 g/mol. The van der Waals surface area contributed by atoms with Crippen molar-refractivity contribution in [3.05, 3.63) is 59.9 Å². The van der Waals surface area contributed by atoms with Gasteiger partial charge in [-0.15, -0.1) is 13.2 Å². The summed E-state index contributed by atoms with van der Waals surface area (Å²) in [7, 11) is 4.22. The number of nitrogens with zero attached hydrogens (tertiary/aromatic N) is 2. The monoisotopic (exact) mass is 437 g/mol. The number of benzene rings is 2. The molecule has 0 bridgehead atoms. The lowest BCUT2D eigenvalue weighted by atomic mass is 9.69. The van der Waals surface area contributed by atoms with Crippen molar-refractivity contribution in [3.8, 4) is 5.75 Å². The quantitative estimate of drug-likeness (QED) is 0.692. The molecule has 1 saturated carbocycles. The molecule has 31 heavy (non-hydrogen) atoms. The van der Waals surface area contributed by atoms with Crippen LogP contribution in [-0.2, 0) is 5.54 Å². The van der Waals surface area contributed by atoms with Crippen LogP contribution in [0.25, 0.3) is 0 Å². The molecule has 0 radical (unpaired) electrons. The number of anilines is 1. The van der Waals surface area contributed by atoms with Gasteiger partial charge >= 0.3 is 6.36 Å². The molecule has 1 saturated heterocycles. The Morgan fingerprint density at radius 1 is 1.00 bits per heavy atom. The molecule has 0 atom stereocenters. The topological polar surface area (TPSA) is 27.7 Å². The molecule has 2 aromatic carbocycles. The highest BCUT2D eigenvalue weighted by atomic mass is 19.4. The summed E-state index contributed by atoms with van der Waals surface area (Å²) in [5, 5.41) is 3.56. The molecule has 2 aliphatic rings. The zero-order valence-corrected chi connectivity index (χ0v) is 17.7. The van der Waals surface area contributed by atoms with Gasteiger partial charge in [0, 0.05) is 23.7 Å². The molecule has 168 valence electrons. The summed E-state index contributed by atoms with van der Waals surface area (Å²) in [5.41, 5.74) is 1.41. The molecule has 0 aromatic heterocycles. The molecule has 8 heteroatoms. The molecule has 1 N–H and O–H groups in total. The Labute approximate surface area is 179 Å². The van der Waals surface area contributed by atoms with E-state index in [1.54, 1.807) is 0 Å². The number of nitrogens with one attached hydrogen (secondary N) is 1. The summed E-state index contributed by atoms with van der Waals surface area (Å²) in [6.45, 7) is 1.07. The third-order valence-electron chi connectivity index (χ3n) is 6.83. The van der Waals surface area contributed by atoms with E-state index >= 15 is 0 Å². The minimum Gasteiger partial charge on any atom is -0.406 e. The lowest BCUT2D eigenvalue weighted by Crippen LogP contribution is -2.53. The number of rotatable bonds is 4. The Bertz CT molecular complexity index is 909. The number of hydrogen-bond donors (Lipinski definition) is 1. The zero-order chi connectivity index (χ0) is 22.3. The van der Waals surface area contributed by atoms with Gasteiger partial charge in [0.15, 0.2) is 0 Å². The van der Waals surface area contributed by atoms with Crippen LogP contribution >= 0.6 is 0 Å². The van der Waals surface area contributed by atoms with Crippen molar-refractivity contribution in [2.24, 2.45) is 0 Å². The summed E-state index contributed by atoms with van der Waals surface area (Å²) in [4.78, 5) is 4.15. The molecule has 1 aliphatic carbocycles. The highest BCUT2D eigenvalue weighted by Gasteiger charge is 2.47. The highest BCUT2D eigenvalue weighted by molar-refractivity contribution is 5.52. The first-order valence-corrected chi connectivity index (χ1v) is 10.4. The van der Waals surface area contributed by atoms with Gasteiger partial charge in [0.25, 0.3) is 0 Å². The number of alkyl halides is 3. The van der Waals surface area contributed by atoms with Crippen LogP contribution < -0.4 is 15.0 Å². The van der Waals surface area contributed by atoms with Crippen LogP contribution in [0.3, 0.4) is 0 Å². The lowest BCUT2D eigenvalue weighted by molar-refractivity contribution is -0.274. The second-order valence-electron chi connectivity index (χ2n) is 8.77. The summed E-state index contributed by atoms with van der Waals surface area (Å²) in [5.74, 6) is -1.27. The molecule has 1 heterocycles. The van der Waals surface area contributed by atoms with Gasteiger partial charge in [0.05, 0.1) is 12.4 Å². The maximum Gasteiger partial charge on any atom is 0.573 e. The SMILES string of the molecule is CN(C)[C@]1(c2ccccc2)CC[C@]2(CC1)CN(c1ccc(OC(F)(F)F)cc1F)CN2. The van der Waals surface area contributed by atoms with Crippen LogP contribution in [0.2, 0.25) is 0 Å². The molecule has 2 fully saturated rings. The van der Waals surface area contributed by atoms with E-state index in [1.807, 2.05) is 11.0 Å². The van der Waals surface area contributed by atoms with Crippen molar-refractivity contribution in [1.82, 2.24) is 10.2 Å². The molecule has 1 spiro atoms. The Balaban J connectivity index is 1.47. The first-order chi connectivity index (χ1) is 14.6. The van der Waals surface area contributed by atoms with Crippen LogP contribution in [0.15, 0.2) is 48.5 Å². The van der Waals surface area contributed by atoms with Gasteiger partial charge < -0.3 is 9.64 Å². The van der Waals surface area contributed by atoms with Crippen molar-refractivity contribution in [2.75, 3.05) is 32.2 Å². The maximum absolute atomic E-state index is 14.6. The fourth-order valence-corrected chi connectivity index (χ4v) is 5.07. The van der Waals surface area contributed by atoms with E-state index < -0.39 is 17.9 Å². The average Bonchev–Trinajstić information content (AvgIpc) is 3.11. The van der Waals surface area contributed by atoms with E-state index in [-0.39, 0.29) is 16.8 Å². The number of hydrogen-bond acceptors (Lipinski definition) is 4. The predicted molar refractivity (Wildman–Crippen MR) is 111 cm³/mol. The van der Waals surface area contributed by atoms with Crippen molar-refractivity contribution in [3.63, 3.8) is 0 Å². The molecule has 1 aliphatic heterocycles. The van der Waals surface area contributed by atoms with Crippen LogP contribution in [0.4, 0.5) is 23.2 Å². The minimum atomic E-state index is -4.84. The van der Waals surface area contributed by atoms with E-state index in [0.717, 1.165) is 37.8 Å². The fourth-order valence-electron chi connectivity index (χ4n) is 5.07. The third kappa shape index (κ3) is 4.36. The van der Waals surface area contributed by atoms with Gasteiger partial charge in [0.1, 0.15) is 11.6 Å². The second-order valence-corrected chi connectivity index (χ2v) is 8.77. The Morgan fingerprint density at radius 2 is 1.68 bits per heavy atom. The highest BCUT2D eigenvalue weighted by Crippen LogP contribution is 2.46. The van der Waals surface area contributed by atoms with E-state index in [1.165, 1.54) is 11.6 Å². The maximum atomic E-state index is 14.6. The largest absolute Gasteiger partial charge is 0.573 e. The van der Waals surface area contributed by atoms with Gasteiger partial charge in [-0.25, -0.2) is 4.39 Å². The molecule has 0 unspecified atom stereocenters. The number of ether oxygens (including phenoxy) is 1. The standard InChI is InChI=1S/C23H27F4N3O/c1-29(2)22(17-6-4-3-5-7-17)12-10-21(11-13-22)15-30(16-28-21)20-9-8-18(14-19(20)24)31-23(25,26)27/h3-9,14,28H,10-13,15-16H2,1-2H3/t21-,22+. The van der Waals surface area contributed by atoms with Gasteiger partial charge in [-0.3, -0.25) is 10.2 Å². The van der Waals surface area contributed by atoms with E-state index in [9.17, 15) is 17.6 Å².